The van der Waals surface area contributed by atoms with Crippen LogP contribution in [0.15, 0.2) is 0 Å². The van der Waals surface area contributed by atoms with Crippen LogP contribution in [0, 0.1) is 0 Å². The van der Waals surface area contributed by atoms with Gasteiger partial charge in [0.1, 0.15) is 11.6 Å². The highest BCUT2D eigenvalue weighted by atomic mass is 32.2. The Balaban J connectivity index is 4.39. The largest absolute Gasteiger partial charge is 0.444 e. The van der Waals surface area contributed by atoms with Gasteiger partial charge in [0.2, 0.25) is 0 Å². The van der Waals surface area contributed by atoms with Crippen LogP contribution in [0.4, 0.5) is 4.79 Å². The van der Waals surface area contributed by atoms with Crippen molar-refractivity contribution in [2.75, 3.05) is 19.1 Å². The molecule has 0 aliphatic heterocycles. The standard InChI is InChI=1S/C11H22N2O4S/c1-11(2,3)17-10(15)12-8(6-7-18-5)9(14)13-16-4/h8H,6-7H2,1-5H3,(H,12,15)(H,13,14). The van der Waals surface area contributed by atoms with Crippen LogP contribution >= 0.6 is 11.8 Å². The fraction of sp³-hybridized carbons (Fsp3) is 0.818. The molecule has 1 unspecified atom stereocenters. The normalized spacial score (nSPS) is 12.7. The van der Waals surface area contributed by atoms with Gasteiger partial charge in [-0.25, -0.2) is 10.3 Å². The van der Waals surface area contributed by atoms with Crippen molar-refractivity contribution in [2.45, 2.75) is 38.8 Å². The predicted octanol–water partition coefficient (Wildman–Crippen LogP) is 1.31. The smallest absolute Gasteiger partial charge is 0.408 e. The van der Waals surface area contributed by atoms with Crippen molar-refractivity contribution >= 4 is 23.8 Å². The maximum absolute atomic E-state index is 11.6. The van der Waals surface area contributed by atoms with Crippen molar-refractivity contribution in [3.05, 3.63) is 0 Å². The second-order valence-corrected chi connectivity index (χ2v) is 5.64. The van der Waals surface area contributed by atoms with Crippen LogP contribution in [-0.4, -0.2) is 42.8 Å². The first-order valence-electron chi connectivity index (χ1n) is 5.61. The van der Waals surface area contributed by atoms with E-state index >= 15 is 0 Å². The van der Waals surface area contributed by atoms with Crippen LogP contribution in [0.5, 0.6) is 0 Å². The van der Waals surface area contributed by atoms with Crippen LogP contribution in [-0.2, 0) is 14.4 Å². The molecule has 1 atom stereocenters. The van der Waals surface area contributed by atoms with Crippen molar-refractivity contribution in [3.8, 4) is 0 Å². The molecule has 106 valence electrons. The number of hydrogen-bond acceptors (Lipinski definition) is 5. The number of hydroxylamine groups is 1. The molecule has 6 nitrogen and oxygen atoms in total. The number of alkyl carbamates (subject to hydrolysis) is 1. The molecule has 18 heavy (non-hydrogen) atoms. The van der Waals surface area contributed by atoms with E-state index in [1.54, 1.807) is 32.5 Å². The molecule has 0 saturated carbocycles. The Morgan fingerprint density at radius 1 is 1.33 bits per heavy atom. The lowest BCUT2D eigenvalue weighted by atomic mass is 10.2. The van der Waals surface area contributed by atoms with Crippen molar-refractivity contribution < 1.29 is 19.2 Å². The third-order valence-corrected chi connectivity index (χ3v) is 2.46. The molecule has 0 fully saturated rings. The predicted molar refractivity (Wildman–Crippen MR) is 71.3 cm³/mol. The quantitative estimate of drug-likeness (QED) is 0.716. The van der Waals surface area contributed by atoms with E-state index in [0.717, 1.165) is 5.75 Å². The lowest BCUT2D eigenvalue weighted by Gasteiger charge is -2.22. The first-order valence-corrected chi connectivity index (χ1v) is 7.01. The van der Waals surface area contributed by atoms with E-state index in [2.05, 4.69) is 15.6 Å². The van der Waals surface area contributed by atoms with Gasteiger partial charge < -0.3 is 10.1 Å². The summed E-state index contributed by atoms with van der Waals surface area (Å²) in [4.78, 5) is 27.8. The molecule has 2 amide bonds. The highest BCUT2D eigenvalue weighted by Gasteiger charge is 2.23. The summed E-state index contributed by atoms with van der Waals surface area (Å²) in [6.45, 7) is 5.29. The van der Waals surface area contributed by atoms with Crippen molar-refractivity contribution in [2.24, 2.45) is 0 Å². The second kappa shape index (κ2) is 8.20. The molecule has 0 radical (unpaired) electrons. The molecule has 0 heterocycles. The van der Waals surface area contributed by atoms with Crippen LogP contribution in [0.2, 0.25) is 0 Å². The Morgan fingerprint density at radius 3 is 2.39 bits per heavy atom. The lowest BCUT2D eigenvalue weighted by Crippen LogP contribution is -2.48. The van der Waals surface area contributed by atoms with Gasteiger partial charge in [0.15, 0.2) is 0 Å². The molecule has 0 spiro atoms. The van der Waals surface area contributed by atoms with Gasteiger partial charge in [-0.3, -0.25) is 9.63 Å². The molecular formula is C11H22N2O4S. The molecule has 0 bridgehead atoms. The minimum Gasteiger partial charge on any atom is -0.444 e. The molecule has 0 rings (SSSR count). The summed E-state index contributed by atoms with van der Waals surface area (Å²) in [7, 11) is 1.34. The molecule has 0 aromatic rings. The zero-order valence-corrected chi connectivity index (χ0v) is 12.3. The highest BCUT2D eigenvalue weighted by Crippen LogP contribution is 2.08. The number of hydrogen-bond donors (Lipinski definition) is 2. The highest BCUT2D eigenvalue weighted by molar-refractivity contribution is 7.98. The van der Waals surface area contributed by atoms with Gasteiger partial charge in [-0.1, -0.05) is 0 Å². The Morgan fingerprint density at radius 2 is 1.94 bits per heavy atom. The number of carbonyl (C=O) groups is 2. The van der Waals surface area contributed by atoms with Crippen LogP contribution < -0.4 is 10.8 Å². The molecule has 0 aromatic carbocycles. The van der Waals surface area contributed by atoms with Gasteiger partial charge in [-0.05, 0) is 39.2 Å². The average molecular weight is 278 g/mol. The first kappa shape index (κ1) is 17.1. The van der Waals surface area contributed by atoms with Crippen LogP contribution in [0.1, 0.15) is 27.2 Å². The van der Waals surface area contributed by atoms with E-state index in [9.17, 15) is 9.59 Å². The monoisotopic (exact) mass is 278 g/mol. The van der Waals surface area contributed by atoms with E-state index in [1.165, 1.54) is 7.11 Å². The van der Waals surface area contributed by atoms with E-state index in [1.807, 2.05) is 6.26 Å². The molecule has 2 N–H and O–H groups in total. The van der Waals surface area contributed by atoms with Gasteiger partial charge >= 0.3 is 6.09 Å². The fourth-order valence-electron chi connectivity index (χ4n) is 1.13. The summed E-state index contributed by atoms with van der Waals surface area (Å²) in [5, 5.41) is 2.53. The number of carbonyl (C=O) groups excluding carboxylic acids is 2. The maximum Gasteiger partial charge on any atom is 0.408 e. The lowest BCUT2D eigenvalue weighted by molar-refractivity contribution is -0.133. The summed E-state index contributed by atoms with van der Waals surface area (Å²) in [5.41, 5.74) is 1.61. The summed E-state index contributed by atoms with van der Waals surface area (Å²) in [6.07, 6.45) is 1.83. The first-order chi connectivity index (χ1) is 8.30. The summed E-state index contributed by atoms with van der Waals surface area (Å²) < 4.78 is 5.10. The van der Waals surface area contributed by atoms with E-state index in [0.29, 0.717) is 6.42 Å². The minimum atomic E-state index is -0.660. The summed E-state index contributed by atoms with van der Waals surface area (Å²) >= 11 is 1.59. The topological polar surface area (TPSA) is 76.7 Å². The van der Waals surface area contributed by atoms with Gasteiger partial charge in [-0.15, -0.1) is 0 Å². The molecule has 0 saturated heterocycles. The number of rotatable bonds is 6. The van der Waals surface area contributed by atoms with Gasteiger partial charge in [-0.2, -0.15) is 11.8 Å². The third kappa shape index (κ3) is 8.19. The molecule has 0 aromatic heterocycles. The van der Waals surface area contributed by atoms with Crippen molar-refractivity contribution in [1.29, 1.82) is 0 Å². The maximum atomic E-state index is 11.6. The van der Waals surface area contributed by atoms with Crippen molar-refractivity contribution in [3.63, 3.8) is 0 Å². The Labute approximate surface area is 112 Å². The molecule has 0 aliphatic carbocycles. The van der Waals surface area contributed by atoms with Crippen molar-refractivity contribution in [1.82, 2.24) is 10.8 Å². The third-order valence-electron chi connectivity index (χ3n) is 1.82. The fourth-order valence-corrected chi connectivity index (χ4v) is 1.60. The number of nitrogens with one attached hydrogen (secondary N) is 2. The zero-order chi connectivity index (χ0) is 14.2. The van der Waals surface area contributed by atoms with E-state index < -0.39 is 23.6 Å². The molecule has 7 heteroatoms. The van der Waals surface area contributed by atoms with Crippen LogP contribution in [0.25, 0.3) is 0 Å². The summed E-state index contributed by atoms with van der Waals surface area (Å²) in [6, 6.07) is -0.660. The molecule has 0 aliphatic rings. The molecular weight excluding hydrogens is 256 g/mol. The number of thioether (sulfide) groups is 1. The van der Waals surface area contributed by atoms with Crippen LogP contribution in [0.3, 0.4) is 0 Å². The Hall–Kier alpha value is -0.950. The number of ether oxygens (including phenoxy) is 1. The van der Waals surface area contributed by atoms with E-state index in [4.69, 9.17) is 4.74 Å². The minimum absolute atomic E-state index is 0.391. The zero-order valence-electron chi connectivity index (χ0n) is 11.5. The Bertz CT molecular complexity index is 279. The number of amides is 2. The SMILES string of the molecule is CONC(=O)C(CCSC)NC(=O)OC(C)(C)C. The second-order valence-electron chi connectivity index (χ2n) is 4.65. The average Bonchev–Trinajstić information content (AvgIpc) is 2.21. The summed E-state index contributed by atoms with van der Waals surface area (Å²) in [5.74, 6) is 0.356. The van der Waals surface area contributed by atoms with E-state index in [-0.39, 0.29) is 0 Å². The van der Waals surface area contributed by atoms with Gasteiger partial charge in [0.05, 0.1) is 7.11 Å². The Kier molecular flexibility index (Phi) is 7.77. The van der Waals surface area contributed by atoms with Gasteiger partial charge in [0, 0.05) is 0 Å². The van der Waals surface area contributed by atoms with Gasteiger partial charge in [0.25, 0.3) is 5.91 Å².